The first-order valence-corrected chi connectivity index (χ1v) is 6.09. The molecule has 0 spiro atoms. The van der Waals surface area contributed by atoms with E-state index in [9.17, 15) is 0 Å². The fraction of sp³-hybridized carbons (Fsp3) is 0.357. The Morgan fingerprint density at radius 1 is 1.28 bits per heavy atom. The van der Waals surface area contributed by atoms with Crippen LogP contribution >= 0.6 is 0 Å². The van der Waals surface area contributed by atoms with Crippen molar-refractivity contribution < 1.29 is 4.74 Å². The van der Waals surface area contributed by atoms with Gasteiger partial charge < -0.3 is 10.5 Å². The number of nitrogens with two attached hydrogens (primary N) is 1. The van der Waals surface area contributed by atoms with Gasteiger partial charge in [-0.05, 0) is 32.9 Å². The van der Waals surface area contributed by atoms with Crippen molar-refractivity contribution in [3.63, 3.8) is 0 Å². The Kier molecular flexibility index (Phi) is 3.67. The zero-order valence-electron chi connectivity index (χ0n) is 11.0. The first-order chi connectivity index (χ1) is 8.61. The van der Waals surface area contributed by atoms with Crippen LogP contribution in [0.4, 0.5) is 0 Å². The molecule has 18 heavy (non-hydrogen) atoms. The predicted octanol–water partition coefficient (Wildman–Crippen LogP) is 2.63. The maximum atomic E-state index is 5.87. The van der Waals surface area contributed by atoms with E-state index in [1.165, 1.54) is 5.56 Å². The SMILES string of the molecule is Cc1ccc(OC(C)c2n[nH]c(C)c2CN)cc1. The maximum Gasteiger partial charge on any atom is 0.140 e. The van der Waals surface area contributed by atoms with Gasteiger partial charge in [0.2, 0.25) is 0 Å². The minimum Gasteiger partial charge on any atom is -0.484 e. The van der Waals surface area contributed by atoms with Gasteiger partial charge in [0.15, 0.2) is 0 Å². The van der Waals surface area contributed by atoms with E-state index < -0.39 is 0 Å². The van der Waals surface area contributed by atoms with Crippen LogP contribution in [0, 0.1) is 13.8 Å². The van der Waals surface area contributed by atoms with Gasteiger partial charge in [0, 0.05) is 17.8 Å². The number of ether oxygens (including phenoxy) is 1. The lowest BCUT2D eigenvalue weighted by Crippen LogP contribution is -2.09. The monoisotopic (exact) mass is 245 g/mol. The number of rotatable bonds is 4. The van der Waals surface area contributed by atoms with Crippen molar-refractivity contribution in [2.45, 2.75) is 33.4 Å². The van der Waals surface area contributed by atoms with Crippen LogP contribution in [-0.4, -0.2) is 10.2 Å². The largest absolute Gasteiger partial charge is 0.484 e. The quantitative estimate of drug-likeness (QED) is 0.870. The molecule has 0 aliphatic heterocycles. The lowest BCUT2D eigenvalue weighted by molar-refractivity contribution is 0.220. The van der Waals surface area contributed by atoms with Crippen molar-refractivity contribution >= 4 is 0 Å². The van der Waals surface area contributed by atoms with Gasteiger partial charge in [-0.3, -0.25) is 5.10 Å². The van der Waals surface area contributed by atoms with Crippen molar-refractivity contribution in [3.05, 3.63) is 46.8 Å². The van der Waals surface area contributed by atoms with E-state index in [0.29, 0.717) is 6.54 Å². The van der Waals surface area contributed by atoms with Crippen LogP contribution in [0.25, 0.3) is 0 Å². The molecular formula is C14H19N3O. The molecule has 0 aliphatic carbocycles. The number of nitrogens with zero attached hydrogens (tertiary/aromatic N) is 1. The van der Waals surface area contributed by atoms with Gasteiger partial charge in [-0.15, -0.1) is 0 Å². The van der Waals surface area contributed by atoms with Gasteiger partial charge in [-0.25, -0.2) is 0 Å². The van der Waals surface area contributed by atoms with E-state index in [2.05, 4.69) is 17.1 Å². The number of nitrogens with one attached hydrogen (secondary N) is 1. The molecule has 1 heterocycles. The van der Waals surface area contributed by atoms with Crippen molar-refractivity contribution in [1.82, 2.24) is 10.2 Å². The Morgan fingerprint density at radius 2 is 1.94 bits per heavy atom. The second-order valence-corrected chi connectivity index (χ2v) is 4.49. The van der Waals surface area contributed by atoms with Gasteiger partial charge in [0.25, 0.3) is 0 Å². The summed E-state index contributed by atoms with van der Waals surface area (Å²) in [5.41, 5.74) is 9.88. The number of H-pyrrole nitrogens is 1. The van der Waals surface area contributed by atoms with E-state index in [4.69, 9.17) is 10.5 Å². The lowest BCUT2D eigenvalue weighted by Gasteiger charge is -2.14. The molecule has 0 amide bonds. The first kappa shape index (κ1) is 12.6. The molecule has 2 aromatic rings. The number of aromatic amines is 1. The summed E-state index contributed by atoms with van der Waals surface area (Å²) in [5, 5.41) is 7.22. The molecule has 4 nitrogen and oxygen atoms in total. The highest BCUT2D eigenvalue weighted by Gasteiger charge is 2.16. The summed E-state index contributed by atoms with van der Waals surface area (Å²) in [6.45, 7) is 6.47. The van der Waals surface area contributed by atoms with E-state index in [1.807, 2.05) is 38.1 Å². The van der Waals surface area contributed by atoms with E-state index in [0.717, 1.165) is 22.7 Å². The fourth-order valence-corrected chi connectivity index (χ4v) is 1.94. The van der Waals surface area contributed by atoms with Crippen molar-refractivity contribution in [2.75, 3.05) is 0 Å². The highest BCUT2D eigenvalue weighted by Crippen LogP contribution is 2.24. The molecule has 1 aromatic carbocycles. The Morgan fingerprint density at radius 3 is 2.56 bits per heavy atom. The van der Waals surface area contributed by atoms with Crippen LogP contribution in [0.3, 0.4) is 0 Å². The molecule has 0 saturated carbocycles. The third-order valence-electron chi connectivity index (χ3n) is 3.03. The van der Waals surface area contributed by atoms with Crippen LogP contribution in [0.2, 0.25) is 0 Å². The van der Waals surface area contributed by atoms with Crippen molar-refractivity contribution in [3.8, 4) is 5.75 Å². The topological polar surface area (TPSA) is 63.9 Å². The summed E-state index contributed by atoms with van der Waals surface area (Å²) < 4.78 is 5.87. The zero-order valence-corrected chi connectivity index (χ0v) is 11.0. The van der Waals surface area contributed by atoms with Gasteiger partial charge in [0.1, 0.15) is 17.5 Å². The summed E-state index contributed by atoms with van der Waals surface area (Å²) in [7, 11) is 0. The number of hydrogen-bond donors (Lipinski definition) is 2. The van der Waals surface area contributed by atoms with Gasteiger partial charge in [-0.2, -0.15) is 5.10 Å². The Bertz CT molecular complexity index is 516. The van der Waals surface area contributed by atoms with E-state index in [1.54, 1.807) is 0 Å². The minimum atomic E-state index is -0.115. The predicted molar refractivity (Wildman–Crippen MR) is 71.4 cm³/mol. The average Bonchev–Trinajstić information content (AvgIpc) is 2.73. The second-order valence-electron chi connectivity index (χ2n) is 4.49. The number of aromatic nitrogens is 2. The molecular weight excluding hydrogens is 226 g/mol. The van der Waals surface area contributed by atoms with E-state index in [-0.39, 0.29) is 6.10 Å². The van der Waals surface area contributed by atoms with Crippen molar-refractivity contribution in [2.24, 2.45) is 5.73 Å². The van der Waals surface area contributed by atoms with Gasteiger partial charge >= 0.3 is 0 Å². The second kappa shape index (κ2) is 5.23. The lowest BCUT2D eigenvalue weighted by atomic mass is 10.1. The van der Waals surface area contributed by atoms with Crippen LogP contribution in [0.15, 0.2) is 24.3 Å². The molecule has 0 aliphatic rings. The molecule has 0 radical (unpaired) electrons. The summed E-state index contributed by atoms with van der Waals surface area (Å²) in [6, 6.07) is 7.99. The van der Waals surface area contributed by atoms with E-state index >= 15 is 0 Å². The number of aryl methyl sites for hydroxylation is 2. The molecule has 0 fully saturated rings. The standard InChI is InChI=1S/C14H19N3O/c1-9-4-6-12(7-5-9)18-11(3)14-13(8-15)10(2)16-17-14/h4-7,11H,8,15H2,1-3H3,(H,16,17). The Balaban J connectivity index is 2.16. The molecule has 0 bridgehead atoms. The summed E-state index contributed by atoms with van der Waals surface area (Å²) >= 11 is 0. The summed E-state index contributed by atoms with van der Waals surface area (Å²) in [6.07, 6.45) is -0.115. The van der Waals surface area contributed by atoms with Gasteiger partial charge in [0.05, 0.1) is 0 Å². The molecule has 0 saturated heterocycles. The summed E-state index contributed by atoms with van der Waals surface area (Å²) in [4.78, 5) is 0. The minimum absolute atomic E-state index is 0.115. The molecule has 1 unspecified atom stereocenters. The Labute approximate surface area is 107 Å². The third-order valence-corrected chi connectivity index (χ3v) is 3.03. The highest BCUT2D eigenvalue weighted by atomic mass is 16.5. The van der Waals surface area contributed by atoms with Crippen molar-refractivity contribution in [1.29, 1.82) is 0 Å². The molecule has 2 rings (SSSR count). The molecule has 96 valence electrons. The van der Waals surface area contributed by atoms with Crippen LogP contribution in [-0.2, 0) is 6.54 Å². The van der Waals surface area contributed by atoms with Crippen LogP contribution in [0.1, 0.15) is 35.5 Å². The number of hydrogen-bond acceptors (Lipinski definition) is 3. The highest BCUT2D eigenvalue weighted by molar-refractivity contribution is 5.29. The summed E-state index contributed by atoms with van der Waals surface area (Å²) in [5.74, 6) is 0.844. The molecule has 1 atom stereocenters. The number of benzene rings is 1. The van der Waals surface area contributed by atoms with Crippen LogP contribution < -0.4 is 10.5 Å². The normalized spacial score (nSPS) is 12.4. The van der Waals surface area contributed by atoms with Gasteiger partial charge in [-0.1, -0.05) is 17.7 Å². The fourth-order valence-electron chi connectivity index (χ4n) is 1.94. The third kappa shape index (κ3) is 2.54. The first-order valence-electron chi connectivity index (χ1n) is 6.09. The smallest absolute Gasteiger partial charge is 0.140 e. The molecule has 1 aromatic heterocycles. The Hall–Kier alpha value is -1.81. The maximum absolute atomic E-state index is 5.87. The molecule has 4 heteroatoms. The average molecular weight is 245 g/mol. The van der Waals surface area contributed by atoms with Crippen LogP contribution in [0.5, 0.6) is 5.75 Å². The zero-order chi connectivity index (χ0) is 13.1. The molecule has 3 N–H and O–H groups in total.